The first-order chi connectivity index (χ1) is 10.2. The summed E-state index contributed by atoms with van der Waals surface area (Å²) < 4.78 is 0. The molecule has 2 aromatic rings. The maximum Gasteiger partial charge on any atom is 0.233 e. The number of amides is 1. The van der Waals surface area contributed by atoms with Gasteiger partial charge in [0.25, 0.3) is 0 Å². The van der Waals surface area contributed by atoms with Crippen LogP contribution >= 0.6 is 23.4 Å². The molecule has 3 rings (SSSR count). The number of carbonyl (C=O) groups excluding carboxylic acids is 1. The number of benzene rings is 1. The summed E-state index contributed by atoms with van der Waals surface area (Å²) in [6.07, 6.45) is 2.22. The summed E-state index contributed by atoms with van der Waals surface area (Å²) in [6.45, 7) is 1.76. The van der Waals surface area contributed by atoms with E-state index >= 15 is 0 Å². The molecule has 1 saturated heterocycles. The quantitative estimate of drug-likeness (QED) is 0.879. The molecule has 1 aromatic heterocycles. The van der Waals surface area contributed by atoms with Gasteiger partial charge in [-0.1, -0.05) is 23.4 Å². The number of aromatic amines is 1. The van der Waals surface area contributed by atoms with Crippen LogP contribution in [0.3, 0.4) is 0 Å². The van der Waals surface area contributed by atoms with E-state index in [0.29, 0.717) is 21.8 Å². The Hall–Kier alpha value is -1.53. The summed E-state index contributed by atoms with van der Waals surface area (Å²) in [5.41, 5.74) is 0.921. The molecule has 0 spiro atoms. The maximum absolute atomic E-state index is 12.0. The second kappa shape index (κ2) is 6.49. The van der Waals surface area contributed by atoms with E-state index < -0.39 is 0 Å². The molecule has 0 bridgehead atoms. The third-order valence-corrected chi connectivity index (χ3v) is 4.45. The van der Waals surface area contributed by atoms with Gasteiger partial charge in [0, 0.05) is 23.7 Å². The Morgan fingerprint density at radius 2 is 2.00 bits per heavy atom. The molecule has 0 unspecified atom stereocenters. The van der Waals surface area contributed by atoms with Crippen molar-refractivity contribution in [1.29, 1.82) is 0 Å². The lowest BCUT2D eigenvalue weighted by atomic mass is 10.2. The summed E-state index contributed by atoms with van der Waals surface area (Å²) in [4.78, 5) is 18.3. The highest BCUT2D eigenvalue weighted by Crippen LogP contribution is 2.21. The average Bonchev–Trinajstić information content (AvgIpc) is 3.17. The number of nitrogens with zero attached hydrogens (tertiary/aromatic N) is 3. The van der Waals surface area contributed by atoms with Crippen molar-refractivity contribution in [3.05, 3.63) is 29.3 Å². The van der Waals surface area contributed by atoms with Crippen LogP contribution in [0.25, 0.3) is 11.4 Å². The van der Waals surface area contributed by atoms with Crippen molar-refractivity contribution in [1.82, 2.24) is 20.1 Å². The highest BCUT2D eigenvalue weighted by atomic mass is 35.5. The number of H-pyrrole nitrogens is 1. The third-order valence-electron chi connectivity index (χ3n) is 3.37. The van der Waals surface area contributed by atoms with Crippen molar-refractivity contribution in [2.75, 3.05) is 18.8 Å². The number of thioether (sulfide) groups is 1. The van der Waals surface area contributed by atoms with Crippen LogP contribution in [0.5, 0.6) is 0 Å². The standard InChI is InChI=1S/C14H15ClN4OS/c15-11-5-3-10(4-6-11)13-16-14(18-17-13)21-9-12(20)19-7-1-2-8-19/h3-6H,1-2,7-9H2,(H,16,17,18). The van der Waals surface area contributed by atoms with E-state index in [-0.39, 0.29) is 5.91 Å². The second-order valence-electron chi connectivity index (χ2n) is 4.85. The van der Waals surface area contributed by atoms with Crippen molar-refractivity contribution < 1.29 is 4.79 Å². The fraction of sp³-hybridized carbons (Fsp3) is 0.357. The van der Waals surface area contributed by atoms with Crippen molar-refractivity contribution in [3.8, 4) is 11.4 Å². The normalized spacial score (nSPS) is 14.6. The predicted octanol–water partition coefficient (Wildman–Crippen LogP) is 2.84. The van der Waals surface area contributed by atoms with Crippen molar-refractivity contribution in [3.63, 3.8) is 0 Å². The van der Waals surface area contributed by atoms with Crippen LogP contribution in [0, 0.1) is 0 Å². The Morgan fingerprint density at radius 3 is 2.71 bits per heavy atom. The number of halogens is 1. The smallest absolute Gasteiger partial charge is 0.233 e. The van der Waals surface area contributed by atoms with E-state index in [9.17, 15) is 4.79 Å². The van der Waals surface area contributed by atoms with Gasteiger partial charge in [-0.3, -0.25) is 9.89 Å². The molecule has 1 N–H and O–H groups in total. The van der Waals surface area contributed by atoms with Crippen molar-refractivity contribution in [2.45, 2.75) is 18.0 Å². The number of hydrogen-bond acceptors (Lipinski definition) is 4. The molecule has 1 fully saturated rings. The van der Waals surface area contributed by atoms with Gasteiger partial charge in [0.05, 0.1) is 5.75 Å². The lowest BCUT2D eigenvalue weighted by Gasteiger charge is -2.13. The Kier molecular flexibility index (Phi) is 4.45. The minimum atomic E-state index is 0.162. The molecule has 0 atom stereocenters. The number of hydrogen-bond donors (Lipinski definition) is 1. The van der Waals surface area contributed by atoms with Gasteiger partial charge in [0.1, 0.15) is 0 Å². The molecule has 1 aliphatic heterocycles. The lowest BCUT2D eigenvalue weighted by molar-refractivity contribution is -0.127. The van der Waals surface area contributed by atoms with Gasteiger partial charge >= 0.3 is 0 Å². The van der Waals surface area contributed by atoms with Crippen LogP contribution in [-0.2, 0) is 4.79 Å². The van der Waals surface area contributed by atoms with Crippen LogP contribution in [0.4, 0.5) is 0 Å². The number of aromatic nitrogens is 3. The minimum absolute atomic E-state index is 0.162. The number of carbonyl (C=O) groups is 1. The molecule has 0 saturated carbocycles. The van der Waals surface area contributed by atoms with E-state index in [1.165, 1.54) is 11.8 Å². The first-order valence-electron chi connectivity index (χ1n) is 6.81. The molecular formula is C14H15ClN4OS. The van der Waals surface area contributed by atoms with E-state index in [1.54, 1.807) is 0 Å². The van der Waals surface area contributed by atoms with Crippen LogP contribution in [0.15, 0.2) is 29.4 Å². The topological polar surface area (TPSA) is 61.9 Å². The molecule has 0 aliphatic carbocycles. The lowest BCUT2D eigenvalue weighted by Crippen LogP contribution is -2.29. The molecule has 1 aromatic carbocycles. The Labute approximate surface area is 132 Å². The van der Waals surface area contributed by atoms with E-state index in [1.807, 2.05) is 29.2 Å². The molecule has 5 nitrogen and oxygen atoms in total. The van der Waals surface area contributed by atoms with Crippen LogP contribution in [0.1, 0.15) is 12.8 Å². The minimum Gasteiger partial charge on any atom is -0.342 e. The van der Waals surface area contributed by atoms with Gasteiger partial charge in [-0.05, 0) is 37.1 Å². The predicted molar refractivity (Wildman–Crippen MR) is 83.4 cm³/mol. The van der Waals surface area contributed by atoms with Gasteiger partial charge in [0.2, 0.25) is 11.1 Å². The molecule has 110 valence electrons. The SMILES string of the molecule is O=C(CSc1n[nH]c(-c2ccc(Cl)cc2)n1)N1CCCC1. The summed E-state index contributed by atoms with van der Waals surface area (Å²) in [5, 5.41) is 8.30. The Balaban J connectivity index is 1.60. The van der Waals surface area contributed by atoms with Gasteiger partial charge < -0.3 is 4.90 Å². The molecular weight excluding hydrogens is 308 g/mol. The number of rotatable bonds is 4. The van der Waals surface area contributed by atoms with E-state index in [4.69, 9.17) is 11.6 Å². The summed E-state index contributed by atoms with van der Waals surface area (Å²) >= 11 is 7.22. The first kappa shape index (κ1) is 14.4. The van der Waals surface area contributed by atoms with E-state index in [2.05, 4.69) is 15.2 Å². The number of nitrogens with one attached hydrogen (secondary N) is 1. The molecule has 2 heterocycles. The van der Waals surface area contributed by atoms with Gasteiger partial charge in [-0.2, -0.15) is 0 Å². The maximum atomic E-state index is 12.0. The summed E-state index contributed by atoms with van der Waals surface area (Å²) in [6, 6.07) is 7.38. The summed E-state index contributed by atoms with van der Waals surface area (Å²) in [7, 11) is 0. The van der Waals surface area contributed by atoms with Crippen LogP contribution < -0.4 is 0 Å². The molecule has 0 radical (unpaired) electrons. The molecule has 1 aliphatic rings. The zero-order chi connectivity index (χ0) is 14.7. The van der Waals surface area contributed by atoms with Crippen molar-refractivity contribution >= 4 is 29.3 Å². The fourth-order valence-electron chi connectivity index (χ4n) is 2.23. The third kappa shape index (κ3) is 3.57. The first-order valence-corrected chi connectivity index (χ1v) is 8.17. The van der Waals surface area contributed by atoms with E-state index in [0.717, 1.165) is 31.5 Å². The zero-order valence-corrected chi connectivity index (χ0v) is 13.0. The van der Waals surface area contributed by atoms with Crippen LogP contribution in [0.2, 0.25) is 5.02 Å². The van der Waals surface area contributed by atoms with Gasteiger partial charge in [0.15, 0.2) is 5.82 Å². The van der Waals surface area contributed by atoms with Crippen molar-refractivity contribution in [2.24, 2.45) is 0 Å². The largest absolute Gasteiger partial charge is 0.342 e. The second-order valence-corrected chi connectivity index (χ2v) is 6.23. The average molecular weight is 323 g/mol. The van der Waals surface area contributed by atoms with Gasteiger partial charge in [-0.25, -0.2) is 4.98 Å². The molecule has 7 heteroatoms. The summed E-state index contributed by atoms with van der Waals surface area (Å²) in [5.74, 6) is 1.23. The monoisotopic (exact) mass is 322 g/mol. The molecule has 1 amide bonds. The fourth-order valence-corrected chi connectivity index (χ4v) is 3.06. The Bertz CT molecular complexity index is 622. The van der Waals surface area contributed by atoms with Crippen LogP contribution in [-0.4, -0.2) is 44.8 Å². The molecule has 21 heavy (non-hydrogen) atoms. The van der Waals surface area contributed by atoms with Gasteiger partial charge in [-0.15, -0.1) is 5.10 Å². The zero-order valence-electron chi connectivity index (χ0n) is 11.4. The highest BCUT2D eigenvalue weighted by Gasteiger charge is 2.18. The Morgan fingerprint density at radius 1 is 1.29 bits per heavy atom. The highest BCUT2D eigenvalue weighted by molar-refractivity contribution is 7.99. The number of likely N-dealkylation sites (tertiary alicyclic amines) is 1.